The molecule has 1 aliphatic heterocycles. The van der Waals surface area contributed by atoms with Gasteiger partial charge in [-0.3, -0.25) is 9.78 Å². The molecule has 0 aliphatic carbocycles. The van der Waals surface area contributed by atoms with Gasteiger partial charge in [-0.2, -0.15) is 0 Å². The smallest absolute Gasteiger partial charge is 0.260 e. The van der Waals surface area contributed by atoms with Gasteiger partial charge < -0.3 is 15.0 Å². The minimum absolute atomic E-state index is 0.0211. The molecule has 1 amide bonds. The summed E-state index contributed by atoms with van der Waals surface area (Å²) in [7, 11) is 0. The van der Waals surface area contributed by atoms with E-state index in [0.29, 0.717) is 12.3 Å². The number of rotatable bonds is 6. The minimum atomic E-state index is 0.0211. The third-order valence-electron chi connectivity index (χ3n) is 5.14. The first-order valence-electron chi connectivity index (χ1n) is 10.2. The van der Waals surface area contributed by atoms with Gasteiger partial charge in [-0.05, 0) is 51.0 Å². The second-order valence-corrected chi connectivity index (χ2v) is 8.48. The van der Waals surface area contributed by atoms with Crippen LogP contribution in [-0.2, 0) is 4.79 Å². The van der Waals surface area contributed by atoms with Crippen LogP contribution in [-0.4, -0.2) is 40.5 Å². The van der Waals surface area contributed by atoms with E-state index >= 15 is 0 Å². The maximum absolute atomic E-state index is 12.7. The number of piperidine rings is 1. The highest BCUT2D eigenvalue weighted by Crippen LogP contribution is 2.29. The number of pyridine rings is 1. The van der Waals surface area contributed by atoms with Gasteiger partial charge in [0.1, 0.15) is 5.75 Å². The third-order valence-corrected chi connectivity index (χ3v) is 6.02. The van der Waals surface area contributed by atoms with Crippen LogP contribution >= 0.6 is 11.3 Å². The van der Waals surface area contributed by atoms with Gasteiger partial charge in [0.25, 0.3) is 5.91 Å². The predicted octanol–water partition coefficient (Wildman–Crippen LogP) is 4.68. The molecule has 0 spiro atoms. The molecule has 7 heteroatoms. The van der Waals surface area contributed by atoms with E-state index in [4.69, 9.17) is 9.72 Å². The molecule has 0 saturated carbocycles. The van der Waals surface area contributed by atoms with E-state index < -0.39 is 0 Å². The van der Waals surface area contributed by atoms with Crippen LogP contribution in [0.15, 0.2) is 47.8 Å². The first-order chi connectivity index (χ1) is 14.6. The molecule has 30 heavy (non-hydrogen) atoms. The Labute approximate surface area is 180 Å². The molecule has 1 fully saturated rings. The van der Waals surface area contributed by atoms with Crippen molar-refractivity contribution in [3.8, 4) is 5.75 Å². The number of aryl methyl sites for hydroxylation is 2. The highest BCUT2D eigenvalue weighted by atomic mass is 32.1. The van der Waals surface area contributed by atoms with E-state index in [2.05, 4.69) is 16.4 Å². The first kappa shape index (κ1) is 20.3. The maximum atomic E-state index is 12.7. The Morgan fingerprint density at radius 3 is 2.80 bits per heavy atom. The van der Waals surface area contributed by atoms with Crippen LogP contribution in [0.5, 0.6) is 5.75 Å². The van der Waals surface area contributed by atoms with Crippen LogP contribution in [0.1, 0.15) is 35.8 Å². The quantitative estimate of drug-likeness (QED) is 0.625. The lowest BCUT2D eigenvalue weighted by Gasteiger charge is -2.32. The summed E-state index contributed by atoms with van der Waals surface area (Å²) in [6.45, 7) is 5.49. The van der Waals surface area contributed by atoms with E-state index in [9.17, 15) is 4.79 Å². The summed E-state index contributed by atoms with van der Waals surface area (Å²) in [6, 6.07) is 13.6. The number of benzene rings is 1. The molecule has 1 N–H and O–H groups in total. The fraction of sp³-hybridized carbons (Fsp3) is 0.348. The number of hydrogen-bond donors (Lipinski definition) is 1. The zero-order valence-electron chi connectivity index (χ0n) is 17.3. The number of thiazole rings is 1. The molecule has 156 valence electrons. The molecule has 1 saturated heterocycles. The van der Waals surface area contributed by atoms with Crippen molar-refractivity contribution in [3.63, 3.8) is 0 Å². The second-order valence-electron chi connectivity index (χ2n) is 7.62. The summed E-state index contributed by atoms with van der Waals surface area (Å²) in [6.07, 6.45) is 1.99. The maximum Gasteiger partial charge on any atom is 0.260 e. The number of nitrogens with zero attached hydrogens (tertiary/aromatic N) is 3. The normalized spacial score (nSPS) is 16.3. The Hall–Kier alpha value is -2.93. The summed E-state index contributed by atoms with van der Waals surface area (Å²) >= 11 is 1.59. The Bertz CT molecular complexity index is 1010. The molecule has 4 rings (SSSR count). The summed E-state index contributed by atoms with van der Waals surface area (Å²) in [5, 5.41) is 6.29. The van der Waals surface area contributed by atoms with Crippen molar-refractivity contribution in [2.75, 3.05) is 25.0 Å². The number of aromatic nitrogens is 2. The molecule has 1 aliphatic rings. The number of likely N-dealkylation sites (tertiary alicyclic amines) is 1. The number of nitrogens with one attached hydrogen (secondary N) is 1. The Morgan fingerprint density at radius 1 is 1.20 bits per heavy atom. The van der Waals surface area contributed by atoms with Gasteiger partial charge in [0, 0.05) is 41.5 Å². The highest BCUT2D eigenvalue weighted by molar-refractivity contribution is 7.13. The highest BCUT2D eigenvalue weighted by Gasteiger charge is 2.26. The average molecular weight is 423 g/mol. The van der Waals surface area contributed by atoms with Gasteiger partial charge in [0.2, 0.25) is 0 Å². The Morgan fingerprint density at radius 2 is 2.03 bits per heavy atom. The van der Waals surface area contributed by atoms with Crippen LogP contribution in [0.25, 0.3) is 0 Å². The molecule has 0 radical (unpaired) electrons. The van der Waals surface area contributed by atoms with E-state index in [-0.39, 0.29) is 18.4 Å². The van der Waals surface area contributed by atoms with Crippen LogP contribution in [0.3, 0.4) is 0 Å². The molecule has 0 bridgehead atoms. The van der Waals surface area contributed by atoms with E-state index in [1.165, 1.54) is 0 Å². The molecular weight excluding hydrogens is 396 g/mol. The Balaban J connectivity index is 1.41. The largest absolute Gasteiger partial charge is 0.484 e. The van der Waals surface area contributed by atoms with E-state index in [1.54, 1.807) is 11.3 Å². The third kappa shape index (κ3) is 5.16. The molecule has 3 heterocycles. The van der Waals surface area contributed by atoms with Gasteiger partial charge in [-0.25, -0.2) is 4.98 Å². The van der Waals surface area contributed by atoms with Gasteiger partial charge in [0.15, 0.2) is 11.7 Å². The number of carbonyl (C=O) groups is 1. The van der Waals surface area contributed by atoms with Crippen molar-refractivity contribution >= 4 is 28.1 Å². The minimum Gasteiger partial charge on any atom is -0.484 e. The van der Waals surface area contributed by atoms with Crippen LogP contribution in [0, 0.1) is 13.8 Å². The van der Waals surface area contributed by atoms with Crippen LogP contribution < -0.4 is 10.1 Å². The lowest BCUT2D eigenvalue weighted by Crippen LogP contribution is -2.41. The zero-order valence-corrected chi connectivity index (χ0v) is 18.1. The number of anilines is 2. The van der Waals surface area contributed by atoms with Crippen LogP contribution in [0.4, 0.5) is 10.8 Å². The van der Waals surface area contributed by atoms with E-state index in [1.807, 2.05) is 60.5 Å². The fourth-order valence-corrected chi connectivity index (χ4v) is 4.42. The number of ether oxygens (including phenoxy) is 1. The number of hydrogen-bond acceptors (Lipinski definition) is 6. The van der Waals surface area contributed by atoms with Gasteiger partial charge in [-0.15, -0.1) is 11.3 Å². The molecule has 1 unspecified atom stereocenters. The van der Waals surface area contributed by atoms with Gasteiger partial charge in [-0.1, -0.05) is 18.2 Å². The van der Waals surface area contributed by atoms with Crippen molar-refractivity contribution in [2.24, 2.45) is 0 Å². The molecule has 2 aromatic heterocycles. The zero-order chi connectivity index (χ0) is 20.9. The number of para-hydroxylation sites is 1. The summed E-state index contributed by atoms with van der Waals surface area (Å²) in [5.41, 5.74) is 3.97. The monoisotopic (exact) mass is 422 g/mol. The van der Waals surface area contributed by atoms with Crippen molar-refractivity contribution < 1.29 is 9.53 Å². The van der Waals surface area contributed by atoms with Crippen molar-refractivity contribution in [1.29, 1.82) is 0 Å². The average Bonchev–Trinajstić information content (AvgIpc) is 3.17. The number of amides is 1. The molecule has 1 aromatic carbocycles. The van der Waals surface area contributed by atoms with Gasteiger partial charge >= 0.3 is 0 Å². The van der Waals surface area contributed by atoms with Crippen LogP contribution in [0.2, 0.25) is 0 Å². The van der Waals surface area contributed by atoms with Crippen molar-refractivity contribution in [2.45, 2.75) is 32.6 Å². The number of carbonyl (C=O) groups excluding carboxylic acids is 1. The molecular formula is C23H26N4O2S. The Kier molecular flexibility index (Phi) is 6.28. The predicted molar refractivity (Wildman–Crippen MR) is 120 cm³/mol. The lowest BCUT2D eigenvalue weighted by atomic mass is 9.93. The first-order valence-corrected chi connectivity index (χ1v) is 11.1. The molecule has 3 aromatic rings. The fourth-order valence-electron chi connectivity index (χ4n) is 3.71. The van der Waals surface area contributed by atoms with E-state index in [0.717, 1.165) is 47.3 Å². The SMILES string of the molecule is Cc1cc(Nc2nc(C)cs2)cc(C2CCCN(C(=O)COc3ccccc3)C2)n1. The van der Waals surface area contributed by atoms with Gasteiger partial charge in [0.05, 0.1) is 5.69 Å². The summed E-state index contributed by atoms with van der Waals surface area (Å²) in [5.74, 6) is 0.957. The summed E-state index contributed by atoms with van der Waals surface area (Å²) in [4.78, 5) is 23.8. The molecule has 1 atom stereocenters. The second kappa shape index (κ2) is 9.26. The van der Waals surface area contributed by atoms with Crippen molar-refractivity contribution in [1.82, 2.24) is 14.9 Å². The lowest BCUT2D eigenvalue weighted by molar-refractivity contribution is -0.134. The molecule has 6 nitrogen and oxygen atoms in total. The standard InChI is InChI=1S/C23H26N4O2S/c1-16-11-19(26-23-25-17(2)15-30-23)12-21(24-16)18-7-6-10-27(13-18)22(28)14-29-20-8-4-3-5-9-20/h3-5,8-9,11-12,15,18H,6-7,10,13-14H2,1-2H3,(H,24,25,26). The summed E-state index contributed by atoms with van der Waals surface area (Å²) < 4.78 is 5.65. The van der Waals surface area contributed by atoms with Crippen molar-refractivity contribution in [3.05, 3.63) is 64.9 Å². The topological polar surface area (TPSA) is 67.4 Å².